The Morgan fingerprint density at radius 3 is 1.38 bits per heavy atom. The molecule has 0 fully saturated rings. The summed E-state index contributed by atoms with van der Waals surface area (Å²) in [6.45, 7) is 4.55. The van der Waals surface area contributed by atoms with Crippen LogP contribution in [-0.2, 0) is 32.0 Å². The maximum Gasteiger partial charge on any atom is -0.0253 e. The predicted octanol–water partition coefficient (Wildman–Crippen LogP) is 1.69. The summed E-state index contributed by atoms with van der Waals surface area (Å²) < 4.78 is 0. The maximum atomic E-state index is 3.30. The van der Waals surface area contributed by atoms with E-state index in [-0.39, 0.29) is 31.0 Å². The molecule has 0 radical (unpaired) electrons. The monoisotopic (exact) mass is 534 g/mol. The topological polar surface area (TPSA) is 0 Å². The molecule has 4 heteroatoms. The van der Waals surface area contributed by atoms with Gasteiger partial charge in [0.25, 0.3) is 0 Å². The van der Waals surface area contributed by atoms with E-state index in [0.717, 1.165) is 12.8 Å². The summed E-state index contributed by atoms with van der Waals surface area (Å²) in [5, 5.41) is 0. The minimum Gasteiger partial charge on any atom is -1.00 e. The molecule has 0 spiro atoms. The van der Waals surface area contributed by atoms with Gasteiger partial charge in [0, 0.05) is 0 Å². The van der Waals surface area contributed by atoms with E-state index in [4.69, 9.17) is 0 Å². The van der Waals surface area contributed by atoms with Crippen molar-refractivity contribution >= 4 is 6.19 Å². The zero-order valence-corrected chi connectivity index (χ0v) is 23.7. The van der Waals surface area contributed by atoms with Crippen LogP contribution < -0.4 is 24.8 Å². The van der Waals surface area contributed by atoms with Crippen LogP contribution in [0.25, 0.3) is 22.3 Å². The second kappa shape index (κ2) is 14.1. The van der Waals surface area contributed by atoms with E-state index in [0.29, 0.717) is 0 Å². The quantitative estimate of drug-likeness (QED) is 0.234. The van der Waals surface area contributed by atoms with Gasteiger partial charge in [-0.05, 0) is 12.8 Å². The van der Waals surface area contributed by atoms with E-state index >= 15 is 0 Å². The molecule has 0 nitrogen and oxygen atoms in total. The third kappa shape index (κ3) is 6.74. The fourth-order valence-electron chi connectivity index (χ4n) is 4.25. The van der Waals surface area contributed by atoms with Crippen molar-refractivity contribution in [2.75, 3.05) is 0 Å². The van der Waals surface area contributed by atoms with Gasteiger partial charge in [-0.3, -0.25) is 0 Å². The number of rotatable bonds is 2. The van der Waals surface area contributed by atoms with Crippen LogP contribution in [0, 0.1) is 12.1 Å². The zero-order valence-electron chi connectivity index (χ0n) is 19.7. The van der Waals surface area contributed by atoms with Gasteiger partial charge < -0.3 is 24.8 Å². The third-order valence-corrected chi connectivity index (χ3v) is 11.1. The fraction of sp³-hybridized carbons (Fsp3) is 0.200. The Labute approximate surface area is 229 Å². The van der Waals surface area contributed by atoms with Crippen LogP contribution in [0.1, 0.15) is 36.1 Å². The first-order valence-electron chi connectivity index (χ1n) is 11.4. The molecule has 0 aromatic heterocycles. The summed E-state index contributed by atoms with van der Waals surface area (Å²) in [5.74, 6) is 0. The van der Waals surface area contributed by atoms with E-state index < -0.39 is 0 Å². The molecule has 172 valence electrons. The summed E-state index contributed by atoms with van der Waals surface area (Å²) in [6.07, 6.45) is 2.23. The molecule has 4 aromatic carbocycles. The molecule has 6 rings (SSSR count). The second-order valence-corrected chi connectivity index (χ2v) is 14.0. The van der Waals surface area contributed by atoms with Crippen LogP contribution in [-0.4, -0.2) is 6.19 Å². The van der Waals surface area contributed by atoms with Crippen molar-refractivity contribution < 1.29 is 44.0 Å². The van der Waals surface area contributed by atoms with Gasteiger partial charge in [-0.1, -0.05) is 70.8 Å². The van der Waals surface area contributed by atoms with E-state index in [1.54, 1.807) is 0 Å². The van der Waals surface area contributed by atoms with E-state index in [1.807, 2.05) is 12.1 Å². The molecule has 0 aliphatic heterocycles. The van der Waals surface area contributed by atoms with E-state index in [9.17, 15) is 0 Å². The molecule has 0 atom stereocenters. The zero-order chi connectivity index (χ0) is 22.3. The summed E-state index contributed by atoms with van der Waals surface area (Å²) in [5.41, 5.74) is 11.0. The van der Waals surface area contributed by atoms with Gasteiger partial charge in [0.2, 0.25) is 0 Å². The minimum absolute atomic E-state index is 0. The van der Waals surface area contributed by atoms with Crippen molar-refractivity contribution in [1.82, 2.24) is 0 Å². The Morgan fingerprint density at radius 1 is 0.618 bits per heavy atom. The van der Waals surface area contributed by atoms with Gasteiger partial charge in [-0.15, -0.1) is 11.1 Å². The molecule has 34 heavy (non-hydrogen) atoms. The molecule has 0 saturated heterocycles. The van der Waals surface area contributed by atoms with Gasteiger partial charge in [0.05, 0.1) is 0 Å². The Balaban J connectivity index is 0.000000187. The molecule has 2 aliphatic rings. The number of halogens is 2. The van der Waals surface area contributed by atoms with Gasteiger partial charge in [0.1, 0.15) is 0 Å². The molecule has 4 aromatic rings. The molecule has 0 bridgehead atoms. The van der Waals surface area contributed by atoms with Crippen LogP contribution in [0.3, 0.4) is 0 Å². The van der Waals surface area contributed by atoms with Gasteiger partial charge >= 0.3 is 51.3 Å². The SMILES string of the molecule is CC[Si](=[Ti+2])CC.[Cl-].[Cl-].[c-]1cccc2c1Cc1ccccc1-2.[c-]1cccc2c1Cc1ccccc1-2. The average Bonchev–Trinajstić information content (AvgIpc) is 3.43. The molecule has 0 unspecified atom stereocenters. The van der Waals surface area contributed by atoms with Crippen LogP contribution in [0.15, 0.2) is 84.9 Å². The molecule has 0 saturated carbocycles. The summed E-state index contributed by atoms with van der Waals surface area (Å²) in [6, 6.07) is 39.1. The standard InChI is InChI=1S/2C13H9.C4H10Si.2ClH.Ti/c2*1-3-7-12-10(5-1)9-11-6-2-4-8-13(11)12;1-3-5-4-2;;;/h2*1-5,7-8H,9H2;3-4H2,1-2H3;2*1H;/q2*-1;;;;+2/p-2. The predicted molar refractivity (Wildman–Crippen MR) is 134 cm³/mol. The van der Waals surface area contributed by atoms with Crippen molar-refractivity contribution in [2.45, 2.75) is 38.8 Å². The van der Waals surface area contributed by atoms with Crippen molar-refractivity contribution in [3.63, 3.8) is 0 Å². The molecule has 0 N–H and O–H groups in total. The minimum atomic E-state index is 0. The fourth-order valence-corrected chi connectivity index (χ4v) is 4.75. The van der Waals surface area contributed by atoms with Crippen molar-refractivity contribution in [3.05, 3.63) is 119 Å². The second-order valence-electron chi connectivity index (χ2n) is 8.10. The summed E-state index contributed by atoms with van der Waals surface area (Å²) in [7, 11) is 0. The maximum absolute atomic E-state index is 3.30. The van der Waals surface area contributed by atoms with Gasteiger partial charge in [0.15, 0.2) is 0 Å². The molecular weight excluding hydrogens is 507 g/mol. The molecule has 0 amide bonds. The smallest absolute Gasteiger partial charge is 0.0253 e. The van der Waals surface area contributed by atoms with Gasteiger partial charge in [-0.2, -0.15) is 59.7 Å². The normalized spacial score (nSPS) is 10.9. The Morgan fingerprint density at radius 2 is 1.00 bits per heavy atom. The van der Waals surface area contributed by atoms with Crippen molar-refractivity contribution in [3.8, 4) is 22.3 Å². The largest absolute Gasteiger partial charge is 1.00 e. The van der Waals surface area contributed by atoms with Crippen molar-refractivity contribution in [2.24, 2.45) is 0 Å². The Kier molecular flexibility index (Phi) is 11.8. The number of hydrogen-bond donors (Lipinski definition) is 0. The van der Waals surface area contributed by atoms with Crippen LogP contribution in [0.4, 0.5) is 0 Å². The van der Waals surface area contributed by atoms with E-state index in [1.165, 1.54) is 56.6 Å². The van der Waals surface area contributed by atoms with Crippen LogP contribution in [0.5, 0.6) is 0 Å². The first-order valence-corrected chi connectivity index (χ1v) is 15.7. The Hall–Kier alpha value is -1.61. The summed E-state index contributed by atoms with van der Waals surface area (Å²) >= 11 is 2.38. The number of hydrogen-bond acceptors (Lipinski definition) is 0. The van der Waals surface area contributed by atoms with E-state index in [2.05, 4.69) is 118 Å². The number of benzene rings is 4. The molecule has 2 aliphatic carbocycles. The average molecular weight is 535 g/mol. The van der Waals surface area contributed by atoms with Gasteiger partial charge in [-0.25, -0.2) is 0 Å². The van der Waals surface area contributed by atoms with Crippen LogP contribution in [0.2, 0.25) is 12.1 Å². The Bertz CT molecular complexity index is 1050. The number of fused-ring (bicyclic) bond motifs is 6. The molecule has 0 heterocycles. The third-order valence-electron chi connectivity index (χ3n) is 6.09. The van der Waals surface area contributed by atoms with Crippen molar-refractivity contribution in [1.29, 1.82) is 0 Å². The van der Waals surface area contributed by atoms with Crippen LogP contribution >= 0.6 is 0 Å². The first-order chi connectivity index (χ1) is 15.7. The first kappa shape index (κ1) is 28.6. The molecular formula is C30H28Cl2SiTi-2. The summed E-state index contributed by atoms with van der Waals surface area (Å²) in [4.78, 5) is 0.